The van der Waals surface area contributed by atoms with E-state index in [2.05, 4.69) is 27.3 Å². The molecule has 1 aromatic carbocycles. The molecule has 132 valence electrons. The van der Waals surface area contributed by atoms with Crippen LogP contribution in [0, 0.1) is 5.92 Å². The number of guanidine groups is 1. The predicted octanol–water partition coefficient (Wildman–Crippen LogP) is 1.89. The maximum absolute atomic E-state index is 5.76. The van der Waals surface area contributed by atoms with E-state index in [1.165, 1.54) is 0 Å². The third kappa shape index (κ3) is 4.12. The fraction of sp³-hybridized carbons (Fsp3) is 0.611. The summed E-state index contributed by atoms with van der Waals surface area (Å²) in [7, 11) is 3.60. The Balaban J connectivity index is 1.57. The zero-order valence-electron chi connectivity index (χ0n) is 14.6. The van der Waals surface area contributed by atoms with Gasteiger partial charge in [-0.05, 0) is 24.1 Å². The highest BCUT2D eigenvalue weighted by atomic mass is 16.5. The van der Waals surface area contributed by atoms with E-state index in [9.17, 15) is 0 Å². The average Bonchev–Trinajstić information content (AvgIpc) is 2.92. The Morgan fingerprint density at radius 1 is 1.33 bits per heavy atom. The van der Waals surface area contributed by atoms with Gasteiger partial charge in [0.2, 0.25) is 0 Å². The van der Waals surface area contributed by atoms with Crippen LogP contribution in [0.5, 0.6) is 11.5 Å². The first kappa shape index (κ1) is 16.9. The third-order valence-electron chi connectivity index (χ3n) is 4.46. The first-order valence-electron chi connectivity index (χ1n) is 8.63. The van der Waals surface area contributed by atoms with Crippen molar-refractivity contribution in [3.63, 3.8) is 0 Å². The number of nitrogens with zero attached hydrogens (tertiary/aromatic N) is 2. The van der Waals surface area contributed by atoms with Crippen molar-refractivity contribution in [1.82, 2.24) is 10.2 Å². The molecule has 0 radical (unpaired) electrons. The van der Waals surface area contributed by atoms with Crippen molar-refractivity contribution >= 4 is 5.96 Å². The van der Waals surface area contributed by atoms with Crippen LogP contribution in [0.4, 0.5) is 0 Å². The molecule has 0 aliphatic carbocycles. The zero-order valence-corrected chi connectivity index (χ0v) is 14.6. The van der Waals surface area contributed by atoms with Crippen LogP contribution < -0.4 is 14.8 Å². The number of hydrogen-bond acceptors (Lipinski definition) is 4. The van der Waals surface area contributed by atoms with Gasteiger partial charge in [-0.1, -0.05) is 6.07 Å². The summed E-state index contributed by atoms with van der Waals surface area (Å²) >= 11 is 0. The van der Waals surface area contributed by atoms with Crippen LogP contribution in [0.1, 0.15) is 18.4 Å². The van der Waals surface area contributed by atoms with Crippen molar-refractivity contribution in [1.29, 1.82) is 0 Å². The molecule has 1 aromatic rings. The molecule has 0 aromatic heterocycles. The van der Waals surface area contributed by atoms with Crippen molar-refractivity contribution in [3.05, 3.63) is 23.8 Å². The average molecular weight is 333 g/mol. The van der Waals surface area contributed by atoms with Gasteiger partial charge in [0.25, 0.3) is 0 Å². The second kappa shape index (κ2) is 8.24. The standard InChI is InChI=1S/C18H27N3O3/c1-19-18(21-7-6-15(12-21)13-22-2)20-11-14-4-5-16-17(10-14)24-9-3-8-23-16/h4-5,10,15H,3,6-9,11-13H2,1-2H3,(H,19,20). The molecule has 0 saturated carbocycles. The summed E-state index contributed by atoms with van der Waals surface area (Å²) in [4.78, 5) is 6.72. The van der Waals surface area contributed by atoms with E-state index in [0.717, 1.165) is 68.7 Å². The molecule has 6 nitrogen and oxygen atoms in total. The van der Waals surface area contributed by atoms with Crippen LogP contribution in [0.15, 0.2) is 23.2 Å². The molecule has 1 N–H and O–H groups in total. The smallest absolute Gasteiger partial charge is 0.193 e. The molecular weight excluding hydrogens is 306 g/mol. The predicted molar refractivity (Wildman–Crippen MR) is 93.8 cm³/mol. The van der Waals surface area contributed by atoms with Crippen molar-refractivity contribution in [2.24, 2.45) is 10.9 Å². The lowest BCUT2D eigenvalue weighted by Gasteiger charge is -2.22. The van der Waals surface area contributed by atoms with E-state index in [0.29, 0.717) is 12.5 Å². The molecule has 6 heteroatoms. The van der Waals surface area contributed by atoms with Crippen molar-refractivity contribution < 1.29 is 14.2 Å². The number of ether oxygens (including phenoxy) is 3. The number of methoxy groups -OCH3 is 1. The second-order valence-electron chi connectivity index (χ2n) is 6.29. The minimum absolute atomic E-state index is 0.589. The molecule has 1 unspecified atom stereocenters. The van der Waals surface area contributed by atoms with Gasteiger partial charge in [0.1, 0.15) is 0 Å². The Hall–Kier alpha value is -1.95. The van der Waals surface area contributed by atoms with Gasteiger partial charge in [-0.25, -0.2) is 0 Å². The highest BCUT2D eigenvalue weighted by Gasteiger charge is 2.24. The Kier molecular flexibility index (Phi) is 5.80. The van der Waals surface area contributed by atoms with Crippen molar-refractivity contribution in [2.75, 3.05) is 47.1 Å². The largest absolute Gasteiger partial charge is 0.490 e. The summed E-state index contributed by atoms with van der Waals surface area (Å²) in [6, 6.07) is 6.12. The number of nitrogens with one attached hydrogen (secondary N) is 1. The topological polar surface area (TPSA) is 55.3 Å². The highest BCUT2D eigenvalue weighted by molar-refractivity contribution is 5.80. The van der Waals surface area contributed by atoms with Crippen LogP contribution >= 0.6 is 0 Å². The molecule has 0 bridgehead atoms. The normalized spacial score (nSPS) is 20.8. The van der Waals surface area contributed by atoms with E-state index in [-0.39, 0.29) is 0 Å². The monoisotopic (exact) mass is 333 g/mol. The molecule has 0 amide bonds. The van der Waals surface area contributed by atoms with Gasteiger partial charge in [-0.3, -0.25) is 4.99 Å². The fourth-order valence-corrected chi connectivity index (χ4v) is 3.23. The SMILES string of the molecule is CN=C(NCc1ccc2c(c1)OCCCO2)N1CCC(COC)C1. The Morgan fingerprint density at radius 2 is 2.17 bits per heavy atom. The van der Waals surface area contributed by atoms with Crippen LogP contribution in [0.3, 0.4) is 0 Å². The van der Waals surface area contributed by atoms with Crippen LogP contribution in [-0.2, 0) is 11.3 Å². The van der Waals surface area contributed by atoms with E-state index in [1.807, 2.05) is 13.1 Å². The summed E-state index contributed by atoms with van der Waals surface area (Å²) in [6.45, 7) is 4.98. The lowest BCUT2D eigenvalue weighted by atomic mass is 10.1. The molecule has 1 fully saturated rings. The summed E-state index contributed by atoms with van der Waals surface area (Å²) < 4.78 is 16.7. The summed E-state index contributed by atoms with van der Waals surface area (Å²) in [5, 5.41) is 3.45. The maximum Gasteiger partial charge on any atom is 0.193 e. The van der Waals surface area contributed by atoms with Gasteiger partial charge in [0.15, 0.2) is 17.5 Å². The molecule has 0 spiro atoms. The molecule has 24 heavy (non-hydrogen) atoms. The van der Waals surface area contributed by atoms with Gasteiger partial charge in [0.05, 0.1) is 19.8 Å². The minimum atomic E-state index is 0.589. The summed E-state index contributed by atoms with van der Waals surface area (Å²) in [6.07, 6.45) is 2.07. The number of fused-ring (bicyclic) bond motifs is 1. The molecule has 1 atom stereocenters. The summed E-state index contributed by atoms with van der Waals surface area (Å²) in [5.74, 6) is 3.21. The number of hydrogen-bond donors (Lipinski definition) is 1. The molecular formula is C18H27N3O3. The van der Waals surface area contributed by atoms with Gasteiger partial charge in [-0.2, -0.15) is 0 Å². The molecule has 3 rings (SSSR count). The zero-order chi connectivity index (χ0) is 16.8. The lowest BCUT2D eigenvalue weighted by Crippen LogP contribution is -2.39. The number of likely N-dealkylation sites (tertiary alicyclic amines) is 1. The van der Waals surface area contributed by atoms with Crippen LogP contribution in [0.25, 0.3) is 0 Å². The van der Waals surface area contributed by atoms with Crippen LogP contribution in [-0.4, -0.2) is 57.9 Å². The van der Waals surface area contributed by atoms with Gasteiger partial charge in [0, 0.05) is 46.1 Å². The molecule has 1 saturated heterocycles. The lowest BCUT2D eigenvalue weighted by molar-refractivity contribution is 0.157. The first-order chi connectivity index (χ1) is 11.8. The fourth-order valence-electron chi connectivity index (χ4n) is 3.23. The van der Waals surface area contributed by atoms with E-state index < -0.39 is 0 Å². The first-order valence-corrected chi connectivity index (χ1v) is 8.63. The van der Waals surface area contributed by atoms with E-state index >= 15 is 0 Å². The summed E-state index contributed by atoms with van der Waals surface area (Å²) in [5.41, 5.74) is 1.16. The van der Waals surface area contributed by atoms with Crippen molar-refractivity contribution in [2.45, 2.75) is 19.4 Å². The Morgan fingerprint density at radius 3 is 2.96 bits per heavy atom. The van der Waals surface area contributed by atoms with E-state index in [1.54, 1.807) is 7.11 Å². The maximum atomic E-state index is 5.76. The number of benzene rings is 1. The third-order valence-corrected chi connectivity index (χ3v) is 4.46. The molecule has 2 aliphatic rings. The van der Waals surface area contributed by atoms with Crippen molar-refractivity contribution in [3.8, 4) is 11.5 Å². The van der Waals surface area contributed by atoms with Gasteiger partial charge >= 0.3 is 0 Å². The quantitative estimate of drug-likeness (QED) is 0.674. The number of rotatable bonds is 4. The molecule has 2 aliphatic heterocycles. The van der Waals surface area contributed by atoms with E-state index in [4.69, 9.17) is 14.2 Å². The van der Waals surface area contributed by atoms with Gasteiger partial charge in [-0.15, -0.1) is 0 Å². The highest BCUT2D eigenvalue weighted by Crippen LogP contribution is 2.30. The second-order valence-corrected chi connectivity index (χ2v) is 6.29. The minimum Gasteiger partial charge on any atom is -0.490 e. The van der Waals surface area contributed by atoms with Gasteiger partial charge < -0.3 is 24.4 Å². The number of aliphatic imine (C=N–C) groups is 1. The Labute approximate surface area is 143 Å². The Bertz CT molecular complexity index is 577. The van der Waals surface area contributed by atoms with Crippen LogP contribution in [0.2, 0.25) is 0 Å². The molecule has 2 heterocycles.